The molecule has 25 heavy (non-hydrogen) atoms. The summed E-state index contributed by atoms with van der Waals surface area (Å²) in [6, 6.07) is 11.0. The van der Waals surface area contributed by atoms with Gasteiger partial charge in [-0.05, 0) is 62.2 Å². The van der Waals surface area contributed by atoms with Crippen molar-refractivity contribution in [1.82, 2.24) is 4.90 Å². The summed E-state index contributed by atoms with van der Waals surface area (Å²) in [6.07, 6.45) is 0. The summed E-state index contributed by atoms with van der Waals surface area (Å²) >= 11 is 0. The van der Waals surface area contributed by atoms with Gasteiger partial charge in [-0.2, -0.15) is 0 Å². The second-order valence-corrected chi connectivity index (χ2v) is 6.52. The predicted octanol–water partition coefficient (Wildman–Crippen LogP) is 3.32. The first-order valence-corrected chi connectivity index (χ1v) is 8.33. The number of carbonyl (C=O) groups excluding carboxylic acids is 2. The minimum Gasteiger partial charge on any atom is -0.325 e. The Bertz CT molecular complexity index is 814. The number of anilines is 1. The molecule has 0 N–H and O–H groups in total. The summed E-state index contributed by atoms with van der Waals surface area (Å²) in [5.41, 5.74) is 3.30. The first-order chi connectivity index (χ1) is 11.9. The third-order valence-corrected chi connectivity index (χ3v) is 4.51. The first-order valence-electron chi connectivity index (χ1n) is 8.33. The van der Waals surface area contributed by atoms with E-state index in [4.69, 9.17) is 0 Å². The van der Waals surface area contributed by atoms with E-state index in [1.54, 1.807) is 17.9 Å². The molecule has 0 bridgehead atoms. The molecule has 1 heterocycles. The van der Waals surface area contributed by atoms with Crippen LogP contribution in [0.4, 0.5) is 10.1 Å². The zero-order valence-electron chi connectivity index (χ0n) is 14.6. The normalized spacial score (nSPS) is 17.8. The summed E-state index contributed by atoms with van der Waals surface area (Å²) in [6.45, 7) is 6.54. The molecule has 0 spiro atoms. The minimum atomic E-state index is -0.592. The molecule has 2 amide bonds. The van der Waals surface area contributed by atoms with Gasteiger partial charge in [-0.1, -0.05) is 12.1 Å². The minimum absolute atomic E-state index is 0.124. The number of amides is 2. The Labute approximate surface area is 146 Å². The van der Waals surface area contributed by atoms with Gasteiger partial charge in [-0.25, -0.2) is 4.39 Å². The number of hydrogen-bond donors (Lipinski definition) is 0. The molecule has 0 saturated carbocycles. The molecule has 1 fully saturated rings. The molecule has 1 aliphatic heterocycles. The van der Waals surface area contributed by atoms with Crippen molar-refractivity contribution in [2.24, 2.45) is 0 Å². The molecule has 0 aliphatic carbocycles. The standard InChI is InChI=1S/C20H21FN2O2/c1-13-9-14(2)11-18(10-13)23-8-7-22(15(3)19(23)24)20(25)16-5-4-6-17(21)12-16/h4-6,9-12,15H,7-8H2,1-3H3/t15-/m0/s1. The highest BCUT2D eigenvalue weighted by Gasteiger charge is 2.35. The lowest BCUT2D eigenvalue weighted by Gasteiger charge is -2.39. The van der Waals surface area contributed by atoms with E-state index in [2.05, 4.69) is 6.07 Å². The number of hydrogen-bond acceptors (Lipinski definition) is 2. The summed E-state index contributed by atoms with van der Waals surface area (Å²) < 4.78 is 13.4. The number of aryl methyl sites for hydroxylation is 2. The topological polar surface area (TPSA) is 40.6 Å². The third-order valence-electron chi connectivity index (χ3n) is 4.51. The van der Waals surface area contributed by atoms with Crippen LogP contribution in [-0.4, -0.2) is 35.8 Å². The van der Waals surface area contributed by atoms with Crippen molar-refractivity contribution in [2.45, 2.75) is 26.8 Å². The van der Waals surface area contributed by atoms with Gasteiger partial charge in [0.25, 0.3) is 5.91 Å². The van der Waals surface area contributed by atoms with E-state index in [1.807, 2.05) is 26.0 Å². The van der Waals surface area contributed by atoms with Crippen LogP contribution >= 0.6 is 0 Å². The SMILES string of the molecule is Cc1cc(C)cc(N2CCN(C(=O)c3cccc(F)c3)[C@@H](C)C2=O)c1. The van der Waals surface area contributed by atoms with Gasteiger partial charge in [-0.15, -0.1) is 0 Å². The van der Waals surface area contributed by atoms with E-state index in [-0.39, 0.29) is 17.4 Å². The van der Waals surface area contributed by atoms with Gasteiger partial charge in [0.15, 0.2) is 0 Å². The summed E-state index contributed by atoms with van der Waals surface area (Å²) in [4.78, 5) is 28.7. The quantitative estimate of drug-likeness (QED) is 0.841. The van der Waals surface area contributed by atoms with E-state index >= 15 is 0 Å². The molecule has 1 aliphatic rings. The van der Waals surface area contributed by atoms with Crippen LogP contribution in [0.2, 0.25) is 0 Å². The molecule has 1 saturated heterocycles. The number of carbonyl (C=O) groups is 2. The van der Waals surface area contributed by atoms with Gasteiger partial charge in [0, 0.05) is 24.3 Å². The monoisotopic (exact) mass is 340 g/mol. The highest BCUT2D eigenvalue weighted by atomic mass is 19.1. The number of benzene rings is 2. The maximum absolute atomic E-state index is 13.4. The van der Waals surface area contributed by atoms with E-state index in [0.717, 1.165) is 16.8 Å². The summed E-state index contributed by atoms with van der Waals surface area (Å²) in [5, 5.41) is 0. The molecule has 2 aromatic carbocycles. The van der Waals surface area contributed by atoms with E-state index < -0.39 is 11.9 Å². The second-order valence-electron chi connectivity index (χ2n) is 6.52. The lowest BCUT2D eigenvalue weighted by Crippen LogP contribution is -2.57. The van der Waals surface area contributed by atoms with Crippen molar-refractivity contribution in [3.63, 3.8) is 0 Å². The average Bonchev–Trinajstić information content (AvgIpc) is 2.55. The maximum Gasteiger partial charge on any atom is 0.254 e. The largest absolute Gasteiger partial charge is 0.325 e. The summed E-state index contributed by atoms with van der Waals surface area (Å²) in [5.74, 6) is -0.903. The lowest BCUT2D eigenvalue weighted by molar-refractivity contribution is -0.124. The van der Waals surface area contributed by atoms with Crippen LogP contribution in [0.5, 0.6) is 0 Å². The van der Waals surface area contributed by atoms with Crippen LogP contribution in [0.15, 0.2) is 42.5 Å². The van der Waals surface area contributed by atoms with Gasteiger partial charge in [0.2, 0.25) is 5.91 Å². The van der Waals surface area contributed by atoms with Crippen LogP contribution in [0, 0.1) is 19.7 Å². The molecule has 130 valence electrons. The van der Waals surface area contributed by atoms with E-state index in [9.17, 15) is 14.0 Å². The lowest BCUT2D eigenvalue weighted by atomic mass is 10.1. The third kappa shape index (κ3) is 3.40. The van der Waals surface area contributed by atoms with E-state index in [1.165, 1.54) is 23.1 Å². The predicted molar refractivity (Wildman–Crippen MR) is 95.2 cm³/mol. The zero-order valence-corrected chi connectivity index (χ0v) is 14.6. The van der Waals surface area contributed by atoms with Crippen molar-refractivity contribution in [1.29, 1.82) is 0 Å². The molecule has 3 rings (SSSR count). The number of halogens is 1. The Morgan fingerprint density at radius 1 is 1.08 bits per heavy atom. The van der Waals surface area contributed by atoms with Gasteiger partial charge in [0.1, 0.15) is 11.9 Å². The van der Waals surface area contributed by atoms with Crippen molar-refractivity contribution < 1.29 is 14.0 Å². The highest BCUT2D eigenvalue weighted by Crippen LogP contribution is 2.24. The molecule has 2 aromatic rings. The summed E-state index contributed by atoms with van der Waals surface area (Å²) in [7, 11) is 0. The highest BCUT2D eigenvalue weighted by molar-refractivity contribution is 6.03. The van der Waals surface area contributed by atoms with Gasteiger partial charge in [-0.3, -0.25) is 9.59 Å². The van der Waals surface area contributed by atoms with E-state index in [0.29, 0.717) is 13.1 Å². The van der Waals surface area contributed by atoms with Crippen LogP contribution in [-0.2, 0) is 4.79 Å². The zero-order chi connectivity index (χ0) is 18.1. The molecule has 0 unspecified atom stereocenters. The Morgan fingerprint density at radius 2 is 1.76 bits per heavy atom. The molecule has 1 atom stereocenters. The number of nitrogens with zero attached hydrogens (tertiary/aromatic N) is 2. The Hall–Kier alpha value is -2.69. The van der Waals surface area contributed by atoms with Crippen LogP contribution < -0.4 is 4.90 Å². The molecule has 0 aromatic heterocycles. The Balaban J connectivity index is 1.83. The molecular formula is C20H21FN2O2. The van der Waals surface area contributed by atoms with Crippen molar-refractivity contribution in [2.75, 3.05) is 18.0 Å². The Kier molecular flexibility index (Phi) is 4.57. The van der Waals surface area contributed by atoms with Crippen LogP contribution in [0.25, 0.3) is 0 Å². The van der Waals surface area contributed by atoms with Gasteiger partial charge < -0.3 is 9.80 Å². The number of rotatable bonds is 2. The smallest absolute Gasteiger partial charge is 0.254 e. The van der Waals surface area contributed by atoms with Gasteiger partial charge in [0.05, 0.1) is 0 Å². The maximum atomic E-state index is 13.4. The van der Waals surface area contributed by atoms with Crippen molar-refractivity contribution >= 4 is 17.5 Å². The fourth-order valence-corrected chi connectivity index (χ4v) is 3.30. The fourth-order valence-electron chi connectivity index (χ4n) is 3.30. The van der Waals surface area contributed by atoms with Gasteiger partial charge >= 0.3 is 0 Å². The molecule has 4 nitrogen and oxygen atoms in total. The second kappa shape index (κ2) is 6.67. The van der Waals surface area contributed by atoms with Crippen LogP contribution in [0.3, 0.4) is 0 Å². The van der Waals surface area contributed by atoms with Crippen molar-refractivity contribution in [3.8, 4) is 0 Å². The Morgan fingerprint density at radius 3 is 2.40 bits per heavy atom. The number of piperazine rings is 1. The van der Waals surface area contributed by atoms with Crippen LogP contribution in [0.1, 0.15) is 28.4 Å². The molecule has 5 heteroatoms. The molecular weight excluding hydrogens is 319 g/mol. The van der Waals surface area contributed by atoms with Crippen molar-refractivity contribution in [3.05, 3.63) is 65.0 Å². The average molecular weight is 340 g/mol. The fraction of sp³-hybridized carbons (Fsp3) is 0.300. The first kappa shape index (κ1) is 17.1. The molecule has 0 radical (unpaired) electrons.